The number of fused-ring (bicyclic) bond motifs is 1. The van der Waals surface area contributed by atoms with Gasteiger partial charge in [-0.1, -0.05) is 10.3 Å². The summed E-state index contributed by atoms with van der Waals surface area (Å²) in [6.45, 7) is 4.70. The normalized spacial score (nSPS) is 11.1. The Balaban J connectivity index is 1.46. The molecule has 11 heteroatoms. The molecule has 4 heterocycles. The zero-order valence-corrected chi connectivity index (χ0v) is 15.5. The average molecular weight is 381 g/mol. The van der Waals surface area contributed by atoms with Gasteiger partial charge in [-0.15, -0.1) is 0 Å². The van der Waals surface area contributed by atoms with Crippen LogP contribution in [0.3, 0.4) is 0 Å². The molecular formula is C17H19N9O2. The molecule has 0 aromatic carbocycles. The van der Waals surface area contributed by atoms with Gasteiger partial charge in [0, 0.05) is 32.1 Å². The molecule has 0 spiro atoms. The molecule has 0 aliphatic heterocycles. The van der Waals surface area contributed by atoms with E-state index in [4.69, 9.17) is 9.05 Å². The molecule has 11 nitrogen and oxygen atoms in total. The van der Waals surface area contributed by atoms with Crippen LogP contribution in [0.1, 0.15) is 23.4 Å². The van der Waals surface area contributed by atoms with Crippen LogP contribution < -0.4 is 10.6 Å². The van der Waals surface area contributed by atoms with Crippen molar-refractivity contribution < 1.29 is 9.05 Å². The van der Waals surface area contributed by atoms with E-state index in [1.54, 1.807) is 20.0 Å². The third kappa shape index (κ3) is 4.19. The molecule has 0 saturated heterocycles. The number of nitrogens with zero attached hydrogens (tertiary/aromatic N) is 7. The number of aromatic nitrogens is 7. The fraction of sp³-hybridized carbons (Fsp3) is 0.353. The molecule has 0 saturated carbocycles. The number of rotatable bonds is 8. The van der Waals surface area contributed by atoms with Gasteiger partial charge in [0.25, 0.3) is 0 Å². The van der Waals surface area contributed by atoms with Crippen molar-refractivity contribution in [2.24, 2.45) is 0 Å². The highest BCUT2D eigenvalue weighted by atomic mass is 16.5. The van der Waals surface area contributed by atoms with E-state index in [-0.39, 0.29) is 0 Å². The maximum atomic E-state index is 5.13. The fourth-order valence-electron chi connectivity index (χ4n) is 2.60. The van der Waals surface area contributed by atoms with E-state index in [0.29, 0.717) is 72.2 Å². The Bertz CT molecular complexity index is 991. The van der Waals surface area contributed by atoms with Crippen LogP contribution in [0.2, 0.25) is 0 Å². The first-order chi connectivity index (χ1) is 13.7. The second kappa shape index (κ2) is 7.94. The summed E-state index contributed by atoms with van der Waals surface area (Å²) in [7, 11) is 0. The van der Waals surface area contributed by atoms with E-state index in [1.807, 2.05) is 12.1 Å². The molecule has 4 rings (SSSR count). The van der Waals surface area contributed by atoms with Gasteiger partial charge < -0.3 is 19.7 Å². The zero-order chi connectivity index (χ0) is 19.3. The summed E-state index contributed by atoms with van der Waals surface area (Å²) >= 11 is 0. The van der Waals surface area contributed by atoms with E-state index >= 15 is 0 Å². The summed E-state index contributed by atoms with van der Waals surface area (Å²) in [6, 6.07) is 3.69. The Morgan fingerprint density at radius 3 is 2.00 bits per heavy atom. The maximum absolute atomic E-state index is 5.13. The maximum Gasteiger partial charge on any atom is 0.228 e. The zero-order valence-electron chi connectivity index (χ0n) is 15.5. The van der Waals surface area contributed by atoms with Crippen LogP contribution in [0.4, 0.5) is 11.6 Å². The van der Waals surface area contributed by atoms with Crippen LogP contribution >= 0.6 is 0 Å². The van der Waals surface area contributed by atoms with Crippen molar-refractivity contribution >= 4 is 22.8 Å². The summed E-state index contributed by atoms with van der Waals surface area (Å²) in [5.41, 5.74) is 1.27. The van der Waals surface area contributed by atoms with Crippen molar-refractivity contribution in [2.45, 2.75) is 26.7 Å². The van der Waals surface area contributed by atoms with Crippen molar-refractivity contribution in [3.8, 4) is 0 Å². The monoisotopic (exact) mass is 381 g/mol. The number of anilines is 2. The Morgan fingerprint density at radius 1 is 0.821 bits per heavy atom. The average Bonchev–Trinajstić information content (AvgIpc) is 3.30. The van der Waals surface area contributed by atoms with Gasteiger partial charge in [0.1, 0.15) is 5.52 Å². The second-order valence-corrected chi connectivity index (χ2v) is 6.09. The molecule has 0 amide bonds. The predicted molar refractivity (Wildman–Crippen MR) is 99.8 cm³/mol. The number of nitrogens with one attached hydrogen (secondary N) is 2. The van der Waals surface area contributed by atoms with E-state index < -0.39 is 0 Å². The Labute approximate surface area is 160 Å². The minimum Gasteiger partial charge on any atom is -0.366 e. The number of pyridine rings is 1. The summed E-state index contributed by atoms with van der Waals surface area (Å²) in [4.78, 5) is 21.9. The Kier molecular flexibility index (Phi) is 5.04. The standard InChI is InChI=1S/C17H19N9O2/c1-10-21-13(27-25-10)5-8-19-16-17(20-9-6-14-22-11(2)26-28-14)24-15-12(23-16)4-3-7-18-15/h3-4,7H,5-6,8-9H2,1-2H3,(H,19,23)(H,18,20,24). The summed E-state index contributed by atoms with van der Waals surface area (Å²) < 4.78 is 10.3. The number of hydrogen-bond acceptors (Lipinski definition) is 11. The van der Waals surface area contributed by atoms with Crippen molar-refractivity contribution in [2.75, 3.05) is 23.7 Å². The highest BCUT2D eigenvalue weighted by Crippen LogP contribution is 2.20. The molecule has 4 aromatic rings. The van der Waals surface area contributed by atoms with E-state index in [1.165, 1.54) is 0 Å². The highest BCUT2D eigenvalue weighted by molar-refractivity contribution is 5.76. The van der Waals surface area contributed by atoms with Gasteiger partial charge in [0.15, 0.2) is 28.9 Å². The van der Waals surface area contributed by atoms with Crippen LogP contribution in [-0.4, -0.2) is 48.3 Å². The molecule has 144 valence electrons. The van der Waals surface area contributed by atoms with Crippen LogP contribution in [-0.2, 0) is 12.8 Å². The van der Waals surface area contributed by atoms with Gasteiger partial charge in [-0.3, -0.25) is 0 Å². The van der Waals surface area contributed by atoms with Crippen LogP contribution in [0.25, 0.3) is 11.2 Å². The number of aryl methyl sites for hydroxylation is 2. The summed E-state index contributed by atoms with van der Waals surface area (Å²) in [5, 5.41) is 14.1. The lowest BCUT2D eigenvalue weighted by Crippen LogP contribution is -2.13. The number of hydrogen-bond donors (Lipinski definition) is 2. The smallest absolute Gasteiger partial charge is 0.228 e. The van der Waals surface area contributed by atoms with Gasteiger partial charge in [-0.2, -0.15) is 9.97 Å². The Hall–Kier alpha value is -3.63. The molecule has 28 heavy (non-hydrogen) atoms. The van der Waals surface area contributed by atoms with E-state index in [2.05, 4.69) is 45.9 Å². The molecule has 0 fully saturated rings. The first-order valence-corrected chi connectivity index (χ1v) is 8.86. The predicted octanol–water partition coefficient (Wildman–Crippen LogP) is 1.72. The van der Waals surface area contributed by atoms with Gasteiger partial charge in [-0.05, 0) is 26.0 Å². The molecule has 0 unspecified atom stereocenters. The first kappa shape index (κ1) is 17.8. The van der Waals surface area contributed by atoms with Crippen molar-refractivity contribution in [1.82, 2.24) is 35.2 Å². The van der Waals surface area contributed by atoms with Gasteiger partial charge in [-0.25, -0.2) is 15.0 Å². The second-order valence-electron chi connectivity index (χ2n) is 6.09. The molecule has 2 N–H and O–H groups in total. The van der Waals surface area contributed by atoms with E-state index in [9.17, 15) is 0 Å². The van der Waals surface area contributed by atoms with Gasteiger partial charge in [0.05, 0.1) is 0 Å². The third-order valence-electron chi connectivity index (χ3n) is 3.84. The molecule has 4 aromatic heterocycles. The Morgan fingerprint density at radius 2 is 1.43 bits per heavy atom. The molecule has 0 radical (unpaired) electrons. The van der Waals surface area contributed by atoms with E-state index in [0.717, 1.165) is 0 Å². The van der Waals surface area contributed by atoms with Crippen molar-refractivity contribution in [3.63, 3.8) is 0 Å². The van der Waals surface area contributed by atoms with Crippen LogP contribution in [0.5, 0.6) is 0 Å². The van der Waals surface area contributed by atoms with Gasteiger partial charge >= 0.3 is 0 Å². The molecule has 0 bridgehead atoms. The minimum atomic E-state index is 0.562. The van der Waals surface area contributed by atoms with Gasteiger partial charge in [0.2, 0.25) is 11.8 Å². The lowest BCUT2D eigenvalue weighted by Gasteiger charge is -2.12. The SMILES string of the molecule is Cc1noc(CCNc2nc3cccnc3nc2NCCc2nc(C)no2)n1. The molecule has 0 aliphatic rings. The summed E-state index contributed by atoms with van der Waals surface area (Å²) in [6.07, 6.45) is 2.84. The minimum absolute atomic E-state index is 0.562. The molecule has 0 aliphatic carbocycles. The van der Waals surface area contributed by atoms with Crippen molar-refractivity contribution in [3.05, 3.63) is 41.8 Å². The highest BCUT2D eigenvalue weighted by Gasteiger charge is 2.11. The van der Waals surface area contributed by atoms with Crippen molar-refractivity contribution in [1.29, 1.82) is 0 Å². The van der Waals surface area contributed by atoms with Crippen LogP contribution in [0, 0.1) is 13.8 Å². The topological polar surface area (TPSA) is 141 Å². The lowest BCUT2D eigenvalue weighted by molar-refractivity contribution is 0.376. The quantitative estimate of drug-likeness (QED) is 0.461. The fourth-order valence-corrected chi connectivity index (χ4v) is 2.60. The summed E-state index contributed by atoms with van der Waals surface area (Å²) in [5.74, 6) is 3.59. The van der Waals surface area contributed by atoms with Crippen LogP contribution in [0.15, 0.2) is 27.4 Å². The molecule has 0 atom stereocenters. The lowest BCUT2D eigenvalue weighted by atomic mass is 10.3. The first-order valence-electron chi connectivity index (χ1n) is 8.86. The third-order valence-corrected chi connectivity index (χ3v) is 3.84. The molecular weight excluding hydrogens is 362 g/mol. The largest absolute Gasteiger partial charge is 0.366 e.